The highest BCUT2D eigenvalue weighted by atomic mass is 16.5. The Morgan fingerprint density at radius 2 is 2.35 bits per heavy atom. The first kappa shape index (κ1) is 11.9. The Kier molecular flexibility index (Phi) is 3.93. The van der Waals surface area contributed by atoms with Gasteiger partial charge in [-0.1, -0.05) is 6.07 Å². The van der Waals surface area contributed by atoms with Crippen LogP contribution in [0.15, 0.2) is 18.2 Å². The highest BCUT2D eigenvalue weighted by Crippen LogP contribution is 2.18. The zero-order valence-corrected chi connectivity index (χ0v) is 9.90. The first-order valence-electron chi connectivity index (χ1n) is 5.78. The number of methoxy groups -OCH3 is 1. The van der Waals surface area contributed by atoms with E-state index in [1.165, 1.54) is 0 Å². The van der Waals surface area contributed by atoms with Gasteiger partial charge in [0.2, 0.25) is 11.8 Å². The van der Waals surface area contributed by atoms with Crippen molar-refractivity contribution in [1.82, 2.24) is 15.6 Å². The number of aromatic nitrogens is 1. The molecule has 0 radical (unpaired) electrons. The number of ether oxygens (including phenoxy) is 1. The fourth-order valence-corrected chi connectivity index (χ4v) is 1.48. The molecule has 1 saturated carbocycles. The second-order valence-electron chi connectivity index (χ2n) is 4.12. The average Bonchev–Trinajstić information content (AvgIpc) is 3.13. The largest absolute Gasteiger partial charge is 0.481 e. The van der Waals surface area contributed by atoms with E-state index in [2.05, 4.69) is 15.6 Å². The van der Waals surface area contributed by atoms with Gasteiger partial charge in [0.1, 0.15) is 0 Å². The summed E-state index contributed by atoms with van der Waals surface area (Å²) in [7, 11) is 1.59. The quantitative estimate of drug-likeness (QED) is 0.752. The van der Waals surface area contributed by atoms with Crippen molar-refractivity contribution in [3.8, 4) is 5.88 Å². The number of amides is 1. The molecule has 0 bridgehead atoms. The molecular formula is C12H17N3O2. The second-order valence-corrected chi connectivity index (χ2v) is 4.12. The number of pyridine rings is 1. The Bertz CT molecular complexity index is 391. The maximum atomic E-state index is 11.4. The summed E-state index contributed by atoms with van der Waals surface area (Å²) >= 11 is 0. The van der Waals surface area contributed by atoms with Gasteiger partial charge in [0.05, 0.1) is 19.3 Å². The number of nitrogens with zero attached hydrogens (tertiary/aromatic N) is 1. The number of nitrogens with one attached hydrogen (secondary N) is 2. The van der Waals surface area contributed by atoms with Crippen LogP contribution in [0.1, 0.15) is 18.5 Å². The molecule has 2 N–H and O–H groups in total. The van der Waals surface area contributed by atoms with Crippen molar-refractivity contribution in [3.63, 3.8) is 0 Å². The lowest BCUT2D eigenvalue weighted by Crippen LogP contribution is -2.34. The Morgan fingerprint density at radius 3 is 3.06 bits per heavy atom. The standard InChI is InChI=1S/C12H17N3O2/c1-17-12-4-2-3-10(15-12)7-13-8-11(16)14-9-5-6-9/h2-4,9,13H,5-8H2,1H3,(H,14,16). The van der Waals surface area contributed by atoms with Crippen molar-refractivity contribution in [2.75, 3.05) is 13.7 Å². The van der Waals surface area contributed by atoms with E-state index in [1.54, 1.807) is 13.2 Å². The van der Waals surface area contributed by atoms with Crippen LogP contribution < -0.4 is 15.4 Å². The number of hydrogen-bond donors (Lipinski definition) is 2. The SMILES string of the molecule is COc1cccc(CNCC(=O)NC2CC2)n1. The average molecular weight is 235 g/mol. The molecule has 92 valence electrons. The summed E-state index contributed by atoms with van der Waals surface area (Å²) in [5.74, 6) is 0.641. The topological polar surface area (TPSA) is 63.2 Å². The Morgan fingerprint density at radius 1 is 1.53 bits per heavy atom. The van der Waals surface area contributed by atoms with Crippen LogP contribution >= 0.6 is 0 Å². The molecule has 1 aromatic heterocycles. The van der Waals surface area contributed by atoms with Crippen LogP contribution in [0.25, 0.3) is 0 Å². The third-order valence-corrected chi connectivity index (χ3v) is 2.52. The molecule has 2 rings (SSSR count). The molecule has 0 atom stereocenters. The molecule has 0 unspecified atom stereocenters. The summed E-state index contributed by atoms with van der Waals surface area (Å²) < 4.78 is 5.02. The third-order valence-electron chi connectivity index (χ3n) is 2.52. The molecular weight excluding hydrogens is 218 g/mol. The van der Waals surface area contributed by atoms with E-state index in [9.17, 15) is 4.79 Å². The van der Waals surface area contributed by atoms with Gasteiger partial charge in [-0.2, -0.15) is 0 Å². The number of rotatable bonds is 6. The van der Waals surface area contributed by atoms with E-state index in [4.69, 9.17) is 4.74 Å². The minimum Gasteiger partial charge on any atom is -0.481 e. The molecule has 1 aromatic rings. The molecule has 0 saturated heterocycles. The van der Waals surface area contributed by atoms with E-state index in [0.717, 1.165) is 18.5 Å². The number of carbonyl (C=O) groups excluding carboxylic acids is 1. The molecule has 0 spiro atoms. The maximum Gasteiger partial charge on any atom is 0.234 e. The summed E-state index contributed by atoms with van der Waals surface area (Å²) in [5, 5.41) is 5.97. The van der Waals surface area contributed by atoms with Crippen molar-refractivity contribution < 1.29 is 9.53 Å². The lowest BCUT2D eigenvalue weighted by Gasteiger charge is -2.06. The van der Waals surface area contributed by atoms with Gasteiger partial charge in [0, 0.05) is 18.7 Å². The van der Waals surface area contributed by atoms with Crippen molar-refractivity contribution in [2.24, 2.45) is 0 Å². The maximum absolute atomic E-state index is 11.4. The van der Waals surface area contributed by atoms with Gasteiger partial charge in [-0.05, 0) is 18.9 Å². The lowest BCUT2D eigenvalue weighted by atomic mass is 10.3. The van der Waals surface area contributed by atoms with Crippen LogP contribution in [0.3, 0.4) is 0 Å². The predicted molar refractivity (Wildman–Crippen MR) is 63.7 cm³/mol. The van der Waals surface area contributed by atoms with Gasteiger partial charge >= 0.3 is 0 Å². The van der Waals surface area contributed by atoms with Crippen LogP contribution in [0.5, 0.6) is 5.88 Å². The monoisotopic (exact) mass is 235 g/mol. The highest BCUT2D eigenvalue weighted by molar-refractivity contribution is 5.78. The molecule has 0 aliphatic heterocycles. The molecule has 5 nitrogen and oxygen atoms in total. The first-order chi connectivity index (χ1) is 8.28. The Hall–Kier alpha value is -1.62. The fraction of sp³-hybridized carbons (Fsp3) is 0.500. The van der Waals surface area contributed by atoms with Crippen molar-refractivity contribution >= 4 is 5.91 Å². The van der Waals surface area contributed by atoms with Gasteiger partial charge in [0.25, 0.3) is 0 Å². The van der Waals surface area contributed by atoms with E-state index in [-0.39, 0.29) is 5.91 Å². The molecule has 1 fully saturated rings. The van der Waals surface area contributed by atoms with Crippen molar-refractivity contribution in [1.29, 1.82) is 0 Å². The number of carbonyl (C=O) groups is 1. The minimum atomic E-state index is 0.0513. The minimum absolute atomic E-state index is 0.0513. The van der Waals surface area contributed by atoms with Gasteiger partial charge in [-0.3, -0.25) is 4.79 Å². The lowest BCUT2D eigenvalue weighted by molar-refractivity contribution is -0.120. The van der Waals surface area contributed by atoms with E-state index < -0.39 is 0 Å². The Labute approximate surface area is 101 Å². The number of hydrogen-bond acceptors (Lipinski definition) is 4. The van der Waals surface area contributed by atoms with Crippen LogP contribution in [0, 0.1) is 0 Å². The predicted octanol–water partition coefficient (Wildman–Crippen LogP) is 0.458. The highest BCUT2D eigenvalue weighted by Gasteiger charge is 2.22. The molecule has 1 aliphatic carbocycles. The van der Waals surface area contributed by atoms with Crippen molar-refractivity contribution in [3.05, 3.63) is 23.9 Å². The first-order valence-corrected chi connectivity index (χ1v) is 5.78. The van der Waals surface area contributed by atoms with E-state index >= 15 is 0 Å². The molecule has 1 heterocycles. The van der Waals surface area contributed by atoms with Crippen LogP contribution in [0.2, 0.25) is 0 Å². The van der Waals surface area contributed by atoms with Crippen LogP contribution in [0.4, 0.5) is 0 Å². The van der Waals surface area contributed by atoms with E-state index in [0.29, 0.717) is 25.0 Å². The van der Waals surface area contributed by atoms with Gasteiger partial charge in [-0.25, -0.2) is 4.98 Å². The van der Waals surface area contributed by atoms with Crippen LogP contribution in [-0.4, -0.2) is 30.6 Å². The summed E-state index contributed by atoms with van der Waals surface area (Å²) in [4.78, 5) is 15.6. The fourth-order valence-electron chi connectivity index (χ4n) is 1.48. The summed E-state index contributed by atoms with van der Waals surface area (Å²) in [6, 6.07) is 5.99. The Balaban J connectivity index is 1.71. The van der Waals surface area contributed by atoms with Gasteiger partial charge < -0.3 is 15.4 Å². The van der Waals surface area contributed by atoms with Crippen LogP contribution in [-0.2, 0) is 11.3 Å². The van der Waals surface area contributed by atoms with E-state index in [1.807, 2.05) is 12.1 Å². The smallest absolute Gasteiger partial charge is 0.234 e. The summed E-state index contributed by atoms with van der Waals surface area (Å²) in [6.07, 6.45) is 2.23. The van der Waals surface area contributed by atoms with Gasteiger partial charge in [-0.15, -0.1) is 0 Å². The normalized spacial score (nSPS) is 14.4. The second kappa shape index (κ2) is 5.63. The molecule has 1 amide bonds. The van der Waals surface area contributed by atoms with Gasteiger partial charge in [0.15, 0.2) is 0 Å². The molecule has 5 heteroatoms. The molecule has 1 aliphatic rings. The molecule has 0 aromatic carbocycles. The zero-order chi connectivity index (χ0) is 12.1. The van der Waals surface area contributed by atoms with Crippen molar-refractivity contribution in [2.45, 2.75) is 25.4 Å². The third kappa shape index (κ3) is 4.03. The summed E-state index contributed by atoms with van der Waals surface area (Å²) in [5.41, 5.74) is 0.864. The molecule has 17 heavy (non-hydrogen) atoms. The zero-order valence-electron chi connectivity index (χ0n) is 9.90. The summed E-state index contributed by atoms with van der Waals surface area (Å²) in [6.45, 7) is 0.894.